The molecule has 1 atom stereocenters. The van der Waals surface area contributed by atoms with E-state index >= 15 is 0 Å². The van der Waals surface area contributed by atoms with E-state index in [1.807, 2.05) is 42.7 Å². The number of aliphatic hydroxyl groups excluding tert-OH is 1. The van der Waals surface area contributed by atoms with Gasteiger partial charge < -0.3 is 10.0 Å². The van der Waals surface area contributed by atoms with Gasteiger partial charge in [0, 0.05) is 12.6 Å². The number of hydrogen-bond acceptors (Lipinski definition) is 4. The first-order valence-electron chi connectivity index (χ1n) is 7.13. The van der Waals surface area contributed by atoms with Crippen molar-refractivity contribution in [2.45, 2.75) is 19.1 Å². The molecule has 0 spiro atoms. The molecule has 0 saturated carbocycles. The van der Waals surface area contributed by atoms with Gasteiger partial charge in [-0.2, -0.15) is 16.9 Å². The molecular formula is C16H21N3O2S. The van der Waals surface area contributed by atoms with Crippen LogP contribution in [-0.4, -0.2) is 51.3 Å². The van der Waals surface area contributed by atoms with Crippen LogP contribution in [0.4, 0.5) is 0 Å². The molecule has 5 nitrogen and oxygen atoms in total. The van der Waals surface area contributed by atoms with Crippen molar-refractivity contribution in [3.63, 3.8) is 0 Å². The summed E-state index contributed by atoms with van der Waals surface area (Å²) in [4.78, 5) is 13.6. The van der Waals surface area contributed by atoms with Crippen LogP contribution in [0.2, 0.25) is 0 Å². The molecule has 1 aromatic heterocycles. The smallest absolute Gasteiger partial charge is 0.251 e. The quantitative estimate of drug-likeness (QED) is 0.820. The van der Waals surface area contributed by atoms with E-state index in [1.54, 1.807) is 18.8 Å². The Kier molecular flexibility index (Phi) is 6.03. The summed E-state index contributed by atoms with van der Waals surface area (Å²) in [7, 11) is 1.69. The lowest BCUT2D eigenvalue weighted by atomic mass is 10.1. The molecule has 1 heterocycles. The van der Waals surface area contributed by atoms with E-state index in [-0.39, 0.29) is 5.91 Å². The molecule has 1 aromatic carbocycles. The van der Waals surface area contributed by atoms with Crippen LogP contribution < -0.4 is 0 Å². The van der Waals surface area contributed by atoms with Gasteiger partial charge in [0.25, 0.3) is 5.91 Å². The SMILES string of the molecule is CSCCC(O)C(=O)N(C)Cc1cc(-c2ccccc2)n[nH]1. The van der Waals surface area contributed by atoms with Crippen molar-refractivity contribution < 1.29 is 9.90 Å². The van der Waals surface area contributed by atoms with E-state index in [0.717, 1.165) is 22.7 Å². The van der Waals surface area contributed by atoms with E-state index < -0.39 is 6.10 Å². The van der Waals surface area contributed by atoms with Crippen molar-refractivity contribution >= 4 is 17.7 Å². The van der Waals surface area contributed by atoms with Gasteiger partial charge in [0.2, 0.25) is 0 Å². The van der Waals surface area contributed by atoms with E-state index in [1.165, 1.54) is 4.90 Å². The lowest BCUT2D eigenvalue weighted by molar-refractivity contribution is -0.139. The number of aromatic nitrogens is 2. The Morgan fingerprint density at radius 1 is 1.41 bits per heavy atom. The third-order valence-corrected chi connectivity index (χ3v) is 4.01. The van der Waals surface area contributed by atoms with E-state index in [2.05, 4.69) is 10.2 Å². The first-order chi connectivity index (χ1) is 10.6. The number of aromatic amines is 1. The number of aliphatic hydroxyl groups is 1. The van der Waals surface area contributed by atoms with Gasteiger partial charge in [-0.1, -0.05) is 30.3 Å². The van der Waals surface area contributed by atoms with Gasteiger partial charge in [-0.15, -0.1) is 0 Å². The van der Waals surface area contributed by atoms with Gasteiger partial charge in [-0.05, 0) is 24.5 Å². The maximum atomic E-state index is 12.1. The van der Waals surface area contributed by atoms with Crippen LogP contribution in [0.3, 0.4) is 0 Å². The van der Waals surface area contributed by atoms with Crippen molar-refractivity contribution in [3.8, 4) is 11.3 Å². The first kappa shape index (κ1) is 16.6. The number of hydrogen-bond donors (Lipinski definition) is 2. The lowest BCUT2D eigenvalue weighted by Gasteiger charge is -2.19. The van der Waals surface area contributed by atoms with Crippen LogP contribution in [0.25, 0.3) is 11.3 Å². The molecule has 2 N–H and O–H groups in total. The fourth-order valence-electron chi connectivity index (χ4n) is 2.14. The molecule has 0 aliphatic heterocycles. The van der Waals surface area contributed by atoms with Gasteiger partial charge in [-0.25, -0.2) is 0 Å². The molecule has 22 heavy (non-hydrogen) atoms. The Hall–Kier alpha value is -1.79. The molecule has 0 aliphatic carbocycles. The van der Waals surface area contributed by atoms with Crippen molar-refractivity contribution in [2.24, 2.45) is 0 Å². The third-order valence-electron chi connectivity index (χ3n) is 3.36. The van der Waals surface area contributed by atoms with Gasteiger partial charge in [0.05, 0.1) is 17.9 Å². The molecule has 2 aromatic rings. The first-order valence-corrected chi connectivity index (χ1v) is 8.53. The van der Waals surface area contributed by atoms with Crippen LogP contribution >= 0.6 is 11.8 Å². The molecule has 0 fully saturated rings. The highest BCUT2D eigenvalue weighted by Gasteiger charge is 2.19. The topological polar surface area (TPSA) is 69.2 Å². The Balaban J connectivity index is 1.96. The van der Waals surface area contributed by atoms with Crippen molar-refractivity contribution in [1.29, 1.82) is 0 Å². The number of H-pyrrole nitrogens is 1. The van der Waals surface area contributed by atoms with Crippen LogP contribution in [0, 0.1) is 0 Å². The highest BCUT2D eigenvalue weighted by Crippen LogP contribution is 2.17. The fourth-order valence-corrected chi connectivity index (χ4v) is 2.60. The second kappa shape index (κ2) is 8.00. The van der Waals surface area contributed by atoms with Crippen LogP contribution in [0.15, 0.2) is 36.4 Å². The molecule has 118 valence electrons. The van der Waals surface area contributed by atoms with Crippen molar-refractivity contribution in [3.05, 3.63) is 42.1 Å². The molecule has 6 heteroatoms. The minimum absolute atomic E-state index is 0.259. The zero-order valence-electron chi connectivity index (χ0n) is 12.8. The van der Waals surface area contributed by atoms with E-state index in [4.69, 9.17) is 0 Å². The maximum Gasteiger partial charge on any atom is 0.251 e. The molecule has 1 amide bonds. The average molecular weight is 319 g/mol. The summed E-state index contributed by atoms with van der Waals surface area (Å²) >= 11 is 1.62. The molecular weight excluding hydrogens is 298 g/mol. The summed E-state index contributed by atoms with van der Waals surface area (Å²) in [5.74, 6) is 0.507. The summed E-state index contributed by atoms with van der Waals surface area (Å²) in [5.41, 5.74) is 2.71. The van der Waals surface area contributed by atoms with Gasteiger partial charge in [0.15, 0.2) is 0 Å². The predicted octanol–water partition coefficient (Wildman–Crippen LogP) is 2.15. The maximum absolute atomic E-state index is 12.1. The number of rotatable bonds is 7. The minimum Gasteiger partial charge on any atom is -0.383 e. The number of carbonyl (C=O) groups is 1. The number of carbonyl (C=O) groups excluding carboxylic acids is 1. The summed E-state index contributed by atoms with van der Waals surface area (Å²) in [5, 5.41) is 17.1. The number of likely N-dealkylation sites (N-methyl/N-ethyl adjacent to an activating group) is 1. The zero-order chi connectivity index (χ0) is 15.9. The monoisotopic (exact) mass is 319 g/mol. The predicted molar refractivity (Wildman–Crippen MR) is 89.5 cm³/mol. The fraction of sp³-hybridized carbons (Fsp3) is 0.375. The Morgan fingerprint density at radius 3 is 2.82 bits per heavy atom. The lowest BCUT2D eigenvalue weighted by Crippen LogP contribution is -2.36. The van der Waals surface area contributed by atoms with Crippen molar-refractivity contribution in [2.75, 3.05) is 19.1 Å². The van der Waals surface area contributed by atoms with Gasteiger partial charge in [-0.3, -0.25) is 9.89 Å². The number of nitrogens with one attached hydrogen (secondary N) is 1. The summed E-state index contributed by atoms with van der Waals surface area (Å²) < 4.78 is 0. The zero-order valence-corrected chi connectivity index (χ0v) is 13.6. The van der Waals surface area contributed by atoms with E-state index in [0.29, 0.717) is 13.0 Å². The van der Waals surface area contributed by atoms with Crippen molar-refractivity contribution in [1.82, 2.24) is 15.1 Å². The highest BCUT2D eigenvalue weighted by atomic mass is 32.2. The molecule has 0 bridgehead atoms. The normalized spacial score (nSPS) is 12.1. The molecule has 0 radical (unpaired) electrons. The number of thioether (sulfide) groups is 1. The summed E-state index contributed by atoms with van der Waals surface area (Å²) in [6, 6.07) is 11.8. The Morgan fingerprint density at radius 2 is 2.14 bits per heavy atom. The molecule has 0 saturated heterocycles. The Labute approximate surface area is 134 Å². The molecule has 1 unspecified atom stereocenters. The minimum atomic E-state index is -0.936. The second-order valence-corrected chi connectivity index (χ2v) is 6.12. The Bertz CT molecular complexity index is 600. The molecule has 0 aliphatic rings. The van der Waals surface area contributed by atoms with E-state index in [9.17, 15) is 9.90 Å². The number of benzene rings is 1. The van der Waals surface area contributed by atoms with Gasteiger partial charge in [0.1, 0.15) is 6.10 Å². The molecule has 2 rings (SSSR count). The standard InChI is InChI=1S/C16H21N3O2S/c1-19(16(21)15(20)8-9-22-2)11-13-10-14(18-17-13)12-6-4-3-5-7-12/h3-7,10,15,20H,8-9,11H2,1-2H3,(H,17,18). The van der Waals surface area contributed by atoms with Crippen LogP contribution in [0.1, 0.15) is 12.1 Å². The highest BCUT2D eigenvalue weighted by molar-refractivity contribution is 7.98. The van der Waals surface area contributed by atoms with Crippen LogP contribution in [-0.2, 0) is 11.3 Å². The number of amides is 1. The van der Waals surface area contributed by atoms with Crippen LogP contribution in [0.5, 0.6) is 0 Å². The number of nitrogens with zero attached hydrogens (tertiary/aromatic N) is 2. The second-order valence-electron chi connectivity index (χ2n) is 5.14. The third kappa shape index (κ3) is 4.35. The largest absolute Gasteiger partial charge is 0.383 e. The summed E-state index contributed by atoms with van der Waals surface area (Å²) in [6.07, 6.45) is 1.49. The summed E-state index contributed by atoms with van der Waals surface area (Å²) in [6.45, 7) is 0.398. The average Bonchev–Trinajstić information content (AvgIpc) is 3.01. The van der Waals surface area contributed by atoms with Gasteiger partial charge >= 0.3 is 0 Å².